The molecule has 0 saturated heterocycles. The third kappa shape index (κ3) is 4.48. The van der Waals surface area contributed by atoms with Gasteiger partial charge in [-0.1, -0.05) is 60.7 Å². The average Bonchev–Trinajstić information content (AvgIpc) is 3.57. The van der Waals surface area contributed by atoms with Gasteiger partial charge in [0.1, 0.15) is 0 Å². The molecule has 6 N–H and O–H groups in total. The molecule has 6 heteroatoms. The number of benzene rings is 4. The van der Waals surface area contributed by atoms with Crippen LogP contribution < -0.4 is 11.5 Å². The molecule has 0 saturated carbocycles. The van der Waals surface area contributed by atoms with Crippen LogP contribution in [0, 0.1) is 0 Å². The number of fused-ring (bicyclic) bond motifs is 2. The molecule has 2 aromatic heterocycles. The third-order valence-corrected chi connectivity index (χ3v) is 6.12. The van der Waals surface area contributed by atoms with Crippen molar-refractivity contribution in [1.82, 2.24) is 9.97 Å². The van der Waals surface area contributed by atoms with Gasteiger partial charge in [0.2, 0.25) is 11.8 Å². The fraction of sp³-hybridized carbons (Fsp3) is 0. The maximum atomic E-state index is 11.4. The van der Waals surface area contributed by atoms with Crippen molar-refractivity contribution < 1.29 is 9.59 Å². The first-order valence-electron chi connectivity index (χ1n) is 11.4. The number of carbonyl (C=O) groups is 2. The molecule has 4 aromatic carbocycles. The van der Waals surface area contributed by atoms with E-state index in [0.29, 0.717) is 11.1 Å². The Hall–Kier alpha value is -5.10. The minimum Gasteiger partial charge on any atom is -0.366 e. The predicted molar refractivity (Wildman–Crippen MR) is 145 cm³/mol. The molecule has 2 amide bonds. The number of hydrogen-bond acceptors (Lipinski definition) is 2. The number of hydrogen-bond donors (Lipinski definition) is 4. The summed E-state index contributed by atoms with van der Waals surface area (Å²) in [5.41, 5.74) is 17.7. The summed E-state index contributed by atoms with van der Waals surface area (Å²) in [6, 6.07) is 30.9. The van der Waals surface area contributed by atoms with E-state index >= 15 is 0 Å². The van der Waals surface area contributed by atoms with Gasteiger partial charge in [-0.2, -0.15) is 0 Å². The normalized spacial score (nSPS) is 10.7. The molecule has 0 aliphatic rings. The Balaban J connectivity index is 0.000000148. The molecule has 0 fully saturated rings. The third-order valence-electron chi connectivity index (χ3n) is 6.12. The summed E-state index contributed by atoms with van der Waals surface area (Å²) < 4.78 is 0. The molecule has 2 heterocycles. The summed E-state index contributed by atoms with van der Waals surface area (Å²) in [5, 5.41) is 2.30. The van der Waals surface area contributed by atoms with Gasteiger partial charge in [-0.25, -0.2) is 0 Å². The van der Waals surface area contributed by atoms with Crippen molar-refractivity contribution in [1.29, 1.82) is 0 Å². The van der Waals surface area contributed by atoms with Gasteiger partial charge in [-0.15, -0.1) is 0 Å². The number of carbonyl (C=O) groups excluding carboxylic acids is 2. The Morgan fingerprint density at radius 1 is 0.528 bits per heavy atom. The minimum atomic E-state index is -0.405. The van der Waals surface area contributed by atoms with Gasteiger partial charge in [-0.3, -0.25) is 9.59 Å². The van der Waals surface area contributed by atoms with E-state index in [9.17, 15) is 9.59 Å². The lowest BCUT2D eigenvalue weighted by Crippen LogP contribution is -2.12. The molecule has 0 atom stereocenters. The van der Waals surface area contributed by atoms with E-state index in [0.717, 1.165) is 44.1 Å². The molecule has 0 bridgehead atoms. The Kier molecular flexibility index (Phi) is 6.07. The summed E-state index contributed by atoms with van der Waals surface area (Å²) in [4.78, 5) is 29.2. The van der Waals surface area contributed by atoms with Crippen molar-refractivity contribution in [3.63, 3.8) is 0 Å². The van der Waals surface area contributed by atoms with E-state index in [1.807, 2.05) is 97.3 Å². The number of rotatable bonds is 4. The molecule has 176 valence electrons. The Bertz CT molecular complexity index is 1580. The van der Waals surface area contributed by atoms with E-state index in [1.165, 1.54) is 0 Å². The van der Waals surface area contributed by atoms with E-state index in [4.69, 9.17) is 11.5 Å². The smallest absolute Gasteiger partial charge is 0.249 e. The Morgan fingerprint density at radius 2 is 0.944 bits per heavy atom. The number of aromatic nitrogens is 2. The van der Waals surface area contributed by atoms with Crippen molar-refractivity contribution in [2.24, 2.45) is 11.5 Å². The largest absolute Gasteiger partial charge is 0.366 e. The quantitative estimate of drug-likeness (QED) is 0.257. The molecule has 6 rings (SSSR count). The van der Waals surface area contributed by atoms with Crippen LogP contribution in [-0.4, -0.2) is 21.8 Å². The highest BCUT2D eigenvalue weighted by Crippen LogP contribution is 2.27. The van der Waals surface area contributed by atoms with E-state index < -0.39 is 11.8 Å². The van der Waals surface area contributed by atoms with E-state index in [1.54, 1.807) is 12.1 Å². The van der Waals surface area contributed by atoms with Crippen molar-refractivity contribution in [3.8, 4) is 22.3 Å². The second kappa shape index (κ2) is 9.64. The summed E-state index contributed by atoms with van der Waals surface area (Å²) in [7, 11) is 0. The van der Waals surface area contributed by atoms with Crippen LogP contribution in [0.5, 0.6) is 0 Å². The van der Waals surface area contributed by atoms with Gasteiger partial charge in [0.15, 0.2) is 0 Å². The molecule has 36 heavy (non-hydrogen) atoms. The summed E-state index contributed by atoms with van der Waals surface area (Å²) in [6.07, 6.45) is 3.79. The van der Waals surface area contributed by atoms with Crippen molar-refractivity contribution >= 4 is 33.6 Å². The zero-order valence-corrected chi connectivity index (χ0v) is 19.4. The fourth-order valence-corrected chi connectivity index (χ4v) is 4.33. The van der Waals surface area contributed by atoms with Gasteiger partial charge in [0.05, 0.1) is 0 Å². The van der Waals surface area contributed by atoms with E-state index in [2.05, 4.69) is 9.97 Å². The number of primary amides is 2. The maximum Gasteiger partial charge on any atom is 0.249 e. The lowest BCUT2D eigenvalue weighted by Gasteiger charge is -2.06. The van der Waals surface area contributed by atoms with Gasteiger partial charge in [-0.05, 0) is 69.4 Å². The number of nitrogens with one attached hydrogen (secondary N) is 2. The van der Waals surface area contributed by atoms with Crippen LogP contribution in [0.2, 0.25) is 0 Å². The predicted octanol–water partition coefficient (Wildman–Crippen LogP) is 5.87. The molecule has 0 aliphatic carbocycles. The Morgan fingerprint density at radius 3 is 1.36 bits per heavy atom. The Labute approximate surface area is 207 Å². The molecule has 0 aliphatic heterocycles. The SMILES string of the molecule is NC(=O)c1ccccc1-c1ccc2cc[nH]c2c1.NC(=O)c1ccccc1-c1ccc2cc[nH]c2c1. The van der Waals surface area contributed by atoms with Crippen LogP contribution in [0.15, 0.2) is 109 Å². The summed E-state index contributed by atoms with van der Waals surface area (Å²) >= 11 is 0. The number of nitrogens with two attached hydrogens (primary N) is 2. The van der Waals surface area contributed by atoms with Crippen molar-refractivity contribution in [2.75, 3.05) is 0 Å². The second-order valence-electron chi connectivity index (χ2n) is 8.38. The van der Waals surface area contributed by atoms with Crippen molar-refractivity contribution in [3.05, 3.63) is 121 Å². The molecular weight excluding hydrogens is 448 g/mol. The zero-order chi connectivity index (χ0) is 25.1. The van der Waals surface area contributed by atoms with Gasteiger partial charge < -0.3 is 21.4 Å². The highest BCUT2D eigenvalue weighted by molar-refractivity contribution is 6.01. The summed E-state index contributed by atoms with van der Waals surface area (Å²) in [6.45, 7) is 0. The topological polar surface area (TPSA) is 118 Å². The first-order valence-corrected chi connectivity index (χ1v) is 11.4. The molecule has 0 radical (unpaired) electrons. The average molecular weight is 473 g/mol. The lowest BCUT2D eigenvalue weighted by molar-refractivity contribution is 0.0992. The molecule has 0 spiro atoms. The highest BCUT2D eigenvalue weighted by Gasteiger charge is 2.10. The van der Waals surface area contributed by atoms with Gasteiger partial charge >= 0.3 is 0 Å². The van der Waals surface area contributed by atoms with Gasteiger partial charge in [0.25, 0.3) is 0 Å². The highest BCUT2D eigenvalue weighted by atomic mass is 16.1. The fourth-order valence-electron chi connectivity index (χ4n) is 4.33. The molecular formula is C30H24N4O2. The molecule has 0 unspecified atom stereocenters. The standard InChI is InChI=1S/2C15H12N2O/c2*16-15(18)13-4-2-1-3-12(13)11-6-5-10-7-8-17-14(10)9-11/h2*1-9,17H,(H2,16,18). The summed E-state index contributed by atoms with van der Waals surface area (Å²) in [5.74, 6) is -0.811. The zero-order valence-electron chi connectivity index (χ0n) is 19.4. The van der Waals surface area contributed by atoms with Crippen LogP contribution in [0.25, 0.3) is 44.1 Å². The van der Waals surface area contributed by atoms with Crippen LogP contribution in [0.1, 0.15) is 20.7 Å². The number of H-pyrrole nitrogens is 2. The second-order valence-corrected chi connectivity index (χ2v) is 8.38. The van der Waals surface area contributed by atoms with Crippen LogP contribution in [0.3, 0.4) is 0 Å². The first kappa shape index (κ1) is 22.7. The van der Waals surface area contributed by atoms with Crippen LogP contribution in [0.4, 0.5) is 0 Å². The van der Waals surface area contributed by atoms with Crippen LogP contribution >= 0.6 is 0 Å². The lowest BCUT2D eigenvalue weighted by atomic mass is 9.98. The minimum absolute atomic E-state index is 0.405. The van der Waals surface area contributed by atoms with Crippen molar-refractivity contribution in [2.45, 2.75) is 0 Å². The maximum absolute atomic E-state index is 11.4. The van der Waals surface area contributed by atoms with Gasteiger partial charge in [0, 0.05) is 34.6 Å². The van der Waals surface area contributed by atoms with E-state index in [-0.39, 0.29) is 0 Å². The first-order chi connectivity index (χ1) is 17.5. The number of aromatic amines is 2. The van der Waals surface area contributed by atoms with Crippen LogP contribution in [-0.2, 0) is 0 Å². The number of amides is 2. The molecule has 6 nitrogen and oxygen atoms in total. The monoisotopic (exact) mass is 472 g/mol. The molecule has 6 aromatic rings.